The summed E-state index contributed by atoms with van der Waals surface area (Å²) in [5, 5.41) is 0. The van der Waals surface area contributed by atoms with Gasteiger partial charge in [0.1, 0.15) is 6.61 Å². The molecule has 1 aliphatic heterocycles. The van der Waals surface area contributed by atoms with Gasteiger partial charge in [-0.2, -0.15) is 0 Å². The lowest BCUT2D eigenvalue weighted by Gasteiger charge is -1.98. The van der Waals surface area contributed by atoms with E-state index in [1.54, 1.807) is 0 Å². The van der Waals surface area contributed by atoms with E-state index in [0.717, 1.165) is 19.6 Å². The van der Waals surface area contributed by atoms with Crippen LogP contribution in [0.1, 0.15) is 11.1 Å². The Morgan fingerprint density at radius 3 is 1.89 bits per heavy atom. The largest absolute Gasteiger partial charge is 0.482 e. The molecule has 0 saturated heterocycles. The fraction of sp³-hybridized carbons (Fsp3) is 0.188. The third kappa shape index (κ3) is 2.14. The van der Waals surface area contributed by atoms with E-state index in [0.29, 0.717) is 0 Å². The van der Waals surface area contributed by atoms with E-state index in [1.165, 1.54) is 28.7 Å². The van der Waals surface area contributed by atoms with Crippen molar-refractivity contribution in [2.45, 2.75) is 6.42 Å². The van der Waals surface area contributed by atoms with Gasteiger partial charge in [0.15, 0.2) is 6.40 Å². The summed E-state index contributed by atoms with van der Waals surface area (Å²) in [5.74, 6) is 0. The van der Waals surface area contributed by atoms with E-state index in [1.807, 2.05) is 0 Å². The Balaban J connectivity index is 0.000000169. The van der Waals surface area contributed by atoms with Crippen LogP contribution in [0.25, 0.3) is 11.1 Å². The molecule has 0 amide bonds. The predicted octanol–water partition coefficient (Wildman–Crippen LogP) is 3.30. The van der Waals surface area contributed by atoms with Crippen molar-refractivity contribution < 1.29 is 4.74 Å². The Morgan fingerprint density at radius 2 is 1.44 bits per heavy atom. The van der Waals surface area contributed by atoms with Crippen molar-refractivity contribution in [3.8, 4) is 11.1 Å². The number of hydrogen-bond donors (Lipinski definition) is 0. The Bertz CT molecular complexity index is 525. The van der Waals surface area contributed by atoms with E-state index >= 15 is 0 Å². The molecule has 1 aliphatic carbocycles. The average Bonchev–Trinajstić information content (AvgIpc) is 3.10. The van der Waals surface area contributed by atoms with Crippen LogP contribution in [0.2, 0.25) is 0 Å². The SMILES string of the molecule is C1=NCCO1.c1ccc2c(c1)Cc1ccccc1-2. The quantitative estimate of drug-likeness (QED) is 0.588. The number of rotatable bonds is 0. The molecule has 0 N–H and O–H groups in total. The molecule has 18 heavy (non-hydrogen) atoms. The van der Waals surface area contributed by atoms with Gasteiger partial charge < -0.3 is 4.74 Å². The molecule has 0 fully saturated rings. The molecule has 0 radical (unpaired) electrons. The van der Waals surface area contributed by atoms with Crippen LogP contribution in [-0.4, -0.2) is 19.6 Å². The summed E-state index contributed by atoms with van der Waals surface area (Å²) in [4.78, 5) is 3.74. The van der Waals surface area contributed by atoms with Crippen molar-refractivity contribution in [1.82, 2.24) is 0 Å². The van der Waals surface area contributed by atoms with Crippen molar-refractivity contribution in [2.24, 2.45) is 4.99 Å². The first-order chi connectivity index (χ1) is 8.95. The fourth-order valence-electron chi connectivity index (χ4n) is 2.34. The van der Waals surface area contributed by atoms with Gasteiger partial charge in [0, 0.05) is 0 Å². The van der Waals surface area contributed by atoms with Gasteiger partial charge >= 0.3 is 0 Å². The van der Waals surface area contributed by atoms with Gasteiger partial charge in [-0.1, -0.05) is 48.5 Å². The summed E-state index contributed by atoms with van der Waals surface area (Å²) in [5.41, 5.74) is 5.75. The summed E-state index contributed by atoms with van der Waals surface area (Å²) in [6, 6.07) is 17.3. The maximum absolute atomic E-state index is 4.65. The molecule has 1 heterocycles. The lowest BCUT2D eigenvalue weighted by Crippen LogP contribution is -1.80. The van der Waals surface area contributed by atoms with Gasteiger partial charge in [-0.05, 0) is 28.7 Å². The van der Waals surface area contributed by atoms with Crippen LogP contribution in [-0.2, 0) is 11.2 Å². The fourth-order valence-corrected chi connectivity index (χ4v) is 2.34. The first-order valence-corrected chi connectivity index (χ1v) is 6.21. The molecule has 0 saturated carbocycles. The van der Waals surface area contributed by atoms with Crippen molar-refractivity contribution in [2.75, 3.05) is 13.2 Å². The standard InChI is InChI=1S/C13H10.C3H5NO/c1-3-7-12-10(5-1)9-11-6-2-4-8-13(11)12;1-2-5-3-4-1/h1-8H,9H2;3H,1-2H2. The monoisotopic (exact) mass is 237 g/mol. The number of hydrogen-bond acceptors (Lipinski definition) is 2. The summed E-state index contributed by atoms with van der Waals surface area (Å²) in [6.45, 7) is 1.62. The van der Waals surface area contributed by atoms with Crippen molar-refractivity contribution in [3.63, 3.8) is 0 Å². The molecule has 0 spiro atoms. The number of benzene rings is 2. The third-order valence-corrected chi connectivity index (χ3v) is 3.19. The maximum atomic E-state index is 4.65. The number of nitrogens with zero attached hydrogens (tertiary/aromatic N) is 1. The predicted molar refractivity (Wildman–Crippen MR) is 74.0 cm³/mol. The Labute approximate surface area is 107 Å². The highest BCUT2D eigenvalue weighted by Crippen LogP contribution is 2.35. The highest BCUT2D eigenvalue weighted by molar-refractivity contribution is 5.76. The zero-order valence-corrected chi connectivity index (χ0v) is 10.2. The summed E-state index contributed by atoms with van der Waals surface area (Å²) >= 11 is 0. The molecule has 2 aliphatic rings. The third-order valence-electron chi connectivity index (χ3n) is 3.19. The molecule has 0 bridgehead atoms. The smallest absolute Gasteiger partial charge is 0.169 e. The van der Waals surface area contributed by atoms with Crippen molar-refractivity contribution >= 4 is 6.40 Å². The normalized spacial score (nSPS) is 14.2. The zero-order chi connectivity index (χ0) is 12.2. The Morgan fingerprint density at radius 1 is 0.833 bits per heavy atom. The molecule has 4 rings (SSSR count). The lowest BCUT2D eigenvalue weighted by atomic mass is 10.1. The average molecular weight is 237 g/mol. The molecule has 2 heteroatoms. The second-order valence-corrected chi connectivity index (χ2v) is 4.37. The minimum absolute atomic E-state index is 0.778. The van der Waals surface area contributed by atoms with Crippen molar-refractivity contribution in [1.29, 1.82) is 0 Å². The van der Waals surface area contributed by atoms with Crippen LogP contribution in [0.5, 0.6) is 0 Å². The van der Waals surface area contributed by atoms with Gasteiger partial charge in [-0.15, -0.1) is 0 Å². The summed E-state index contributed by atoms with van der Waals surface area (Å²) in [6.07, 6.45) is 2.59. The van der Waals surface area contributed by atoms with E-state index in [4.69, 9.17) is 0 Å². The van der Waals surface area contributed by atoms with E-state index in [9.17, 15) is 0 Å². The minimum Gasteiger partial charge on any atom is -0.482 e. The minimum atomic E-state index is 0.778. The maximum Gasteiger partial charge on any atom is 0.169 e. The Hall–Kier alpha value is -2.09. The molecular weight excluding hydrogens is 222 g/mol. The second kappa shape index (κ2) is 5.05. The first-order valence-electron chi connectivity index (χ1n) is 6.21. The van der Waals surface area contributed by atoms with Gasteiger partial charge in [0.25, 0.3) is 0 Å². The van der Waals surface area contributed by atoms with E-state index < -0.39 is 0 Å². The van der Waals surface area contributed by atoms with Crippen molar-refractivity contribution in [3.05, 3.63) is 59.7 Å². The number of ether oxygens (including phenoxy) is 1. The number of aliphatic imine (C=N–C) groups is 1. The van der Waals surface area contributed by atoms with Crippen LogP contribution < -0.4 is 0 Å². The molecule has 2 aromatic carbocycles. The van der Waals surface area contributed by atoms with Crippen LogP contribution in [0, 0.1) is 0 Å². The molecule has 0 aromatic heterocycles. The second-order valence-electron chi connectivity index (χ2n) is 4.37. The van der Waals surface area contributed by atoms with Crippen LogP contribution in [0.4, 0.5) is 0 Å². The molecule has 90 valence electrons. The van der Waals surface area contributed by atoms with Gasteiger partial charge in [0.05, 0.1) is 6.54 Å². The van der Waals surface area contributed by atoms with Crippen LogP contribution in [0.3, 0.4) is 0 Å². The molecule has 2 aromatic rings. The lowest BCUT2D eigenvalue weighted by molar-refractivity contribution is 0.361. The van der Waals surface area contributed by atoms with E-state index in [-0.39, 0.29) is 0 Å². The molecular formula is C16H15NO. The van der Waals surface area contributed by atoms with Gasteiger partial charge in [0.2, 0.25) is 0 Å². The molecule has 2 nitrogen and oxygen atoms in total. The van der Waals surface area contributed by atoms with E-state index in [2.05, 4.69) is 58.3 Å². The Kier molecular flexibility index (Phi) is 3.09. The van der Waals surface area contributed by atoms with Gasteiger partial charge in [-0.3, -0.25) is 4.99 Å². The molecule has 0 unspecified atom stereocenters. The molecule has 0 atom stereocenters. The van der Waals surface area contributed by atoms with Crippen LogP contribution in [0.15, 0.2) is 53.5 Å². The topological polar surface area (TPSA) is 21.6 Å². The number of fused-ring (bicyclic) bond motifs is 3. The summed E-state index contributed by atoms with van der Waals surface area (Å²) < 4.78 is 4.65. The zero-order valence-electron chi connectivity index (χ0n) is 10.2. The van der Waals surface area contributed by atoms with Gasteiger partial charge in [-0.25, -0.2) is 0 Å². The first kappa shape index (κ1) is 11.0. The highest BCUT2D eigenvalue weighted by Gasteiger charge is 2.15. The highest BCUT2D eigenvalue weighted by atomic mass is 16.5. The summed E-state index contributed by atoms with van der Waals surface area (Å²) in [7, 11) is 0. The van der Waals surface area contributed by atoms with Crippen LogP contribution >= 0.6 is 0 Å².